The molecule has 160 valence electrons. The molecule has 1 aliphatic heterocycles. The Balaban J connectivity index is 1.37. The van der Waals surface area contributed by atoms with Crippen molar-refractivity contribution < 1.29 is 9.13 Å². The standard InChI is InChI=1S/C23H20FN7O/c24-16-10-15(11-25-13-16)20-29-21(19-22(30-20)31-8-3-9-32-23(31)28-19)26-7-6-14-12-27-18-5-2-1-4-17(14)18/h1-2,4-5,10-13,27H,3,6-9H2,(H,26,29,30). The van der Waals surface area contributed by atoms with Gasteiger partial charge in [0.2, 0.25) is 0 Å². The van der Waals surface area contributed by atoms with Gasteiger partial charge in [0.25, 0.3) is 6.01 Å². The van der Waals surface area contributed by atoms with Crippen molar-refractivity contribution in [2.24, 2.45) is 0 Å². The number of ether oxygens (including phenoxy) is 1. The van der Waals surface area contributed by atoms with Gasteiger partial charge in [0, 0.05) is 41.9 Å². The zero-order chi connectivity index (χ0) is 21.5. The average molecular weight is 429 g/mol. The van der Waals surface area contributed by atoms with Crippen molar-refractivity contribution in [3.8, 4) is 17.4 Å². The Labute approximate surface area is 182 Å². The number of anilines is 1. The van der Waals surface area contributed by atoms with Crippen LogP contribution in [0.25, 0.3) is 33.5 Å². The van der Waals surface area contributed by atoms with E-state index >= 15 is 0 Å². The van der Waals surface area contributed by atoms with Crippen LogP contribution in [0.3, 0.4) is 0 Å². The van der Waals surface area contributed by atoms with Gasteiger partial charge < -0.3 is 15.0 Å². The maximum atomic E-state index is 13.8. The van der Waals surface area contributed by atoms with E-state index in [9.17, 15) is 4.39 Å². The van der Waals surface area contributed by atoms with Gasteiger partial charge >= 0.3 is 0 Å². The van der Waals surface area contributed by atoms with E-state index < -0.39 is 5.82 Å². The molecule has 6 rings (SSSR count). The number of benzene rings is 1. The molecule has 1 aliphatic rings. The lowest BCUT2D eigenvalue weighted by Crippen LogP contribution is -2.14. The van der Waals surface area contributed by atoms with E-state index in [0.717, 1.165) is 31.1 Å². The molecule has 0 saturated heterocycles. The smallest absolute Gasteiger partial charge is 0.298 e. The number of fused-ring (bicyclic) bond motifs is 4. The number of rotatable bonds is 5. The first-order valence-electron chi connectivity index (χ1n) is 10.6. The summed E-state index contributed by atoms with van der Waals surface area (Å²) in [6.07, 6.45) is 6.44. The minimum absolute atomic E-state index is 0.396. The average Bonchev–Trinajstić information content (AvgIpc) is 3.41. The third kappa shape index (κ3) is 3.22. The predicted molar refractivity (Wildman–Crippen MR) is 119 cm³/mol. The summed E-state index contributed by atoms with van der Waals surface area (Å²) < 4.78 is 21.5. The van der Waals surface area contributed by atoms with Crippen molar-refractivity contribution in [1.29, 1.82) is 0 Å². The molecule has 0 aliphatic carbocycles. The summed E-state index contributed by atoms with van der Waals surface area (Å²) in [5, 5.41) is 4.62. The van der Waals surface area contributed by atoms with Crippen molar-refractivity contribution >= 4 is 27.9 Å². The molecule has 0 radical (unpaired) electrons. The summed E-state index contributed by atoms with van der Waals surface area (Å²) in [5.74, 6) is 0.561. The molecule has 0 spiro atoms. The molecule has 32 heavy (non-hydrogen) atoms. The van der Waals surface area contributed by atoms with Gasteiger partial charge in [0.15, 0.2) is 22.8 Å². The minimum Gasteiger partial charge on any atom is -0.465 e. The number of aromatic amines is 1. The molecule has 2 N–H and O–H groups in total. The number of halogens is 1. The lowest BCUT2D eigenvalue weighted by Gasteiger charge is -2.14. The summed E-state index contributed by atoms with van der Waals surface area (Å²) in [6.45, 7) is 2.04. The second-order valence-corrected chi connectivity index (χ2v) is 7.74. The van der Waals surface area contributed by atoms with E-state index in [1.165, 1.54) is 17.0 Å². The van der Waals surface area contributed by atoms with Crippen LogP contribution in [0.2, 0.25) is 0 Å². The lowest BCUT2D eigenvalue weighted by atomic mass is 10.1. The second-order valence-electron chi connectivity index (χ2n) is 7.74. The highest BCUT2D eigenvalue weighted by atomic mass is 19.1. The maximum Gasteiger partial charge on any atom is 0.298 e. The first-order valence-corrected chi connectivity index (χ1v) is 10.6. The van der Waals surface area contributed by atoms with E-state index in [4.69, 9.17) is 4.74 Å². The molecule has 0 atom stereocenters. The highest BCUT2D eigenvalue weighted by Gasteiger charge is 2.22. The van der Waals surface area contributed by atoms with Crippen LogP contribution in [0.15, 0.2) is 48.9 Å². The molecule has 4 aromatic heterocycles. The van der Waals surface area contributed by atoms with Gasteiger partial charge in [-0.05, 0) is 30.5 Å². The van der Waals surface area contributed by atoms with E-state index in [2.05, 4.69) is 42.4 Å². The summed E-state index contributed by atoms with van der Waals surface area (Å²) in [7, 11) is 0. The van der Waals surface area contributed by atoms with Crippen LogP contribution >= 0.6 is 0 Å². The molecule has 5 heterocycles. The quantitative estimate of drug-likeness (QED) is 0.440. The van der Waals surface area contributed by atoms with Crippen molar-refractivity contribution in [1.82, 2.24) is 29.5 Å². The Kier molecular flexibility index (Phi) is 4.45. The molecule has 0 fully saturated rings. The fraction of sp³-hybridized carbons (Fsp3) is 0.217. The molecule has 0 amide bonds. The van der Waals surface area contributed by atoms with Gasteiger partial charge in [0.1, 0.15) is 5.82 Å². The van der Waals surface area contributed by atoms with Crippen molar-refractivity contribution in [2.75, 3.05) is 18.5 Å². The number of hydrogen-bond donors (Lipinski definition) is 2. The number of hydrogen-bond acceptors (Lipinski definition) is 6. The van der Waals surface area contributed by atoms with Crippen molar-refractivity contribution in [2.45, 2.75) is 19.4 Å². The van der Waals surface area contributed by atoms with E-state index in [1.807, 2.05) is 22.9 Å². The number of H-pyrrole nitrogens is 1. The fourth-order valence-electron chi connectivity index (χ4n) is 4.12. The van der Waals surface area contributed by atoms with Crippen LogP contribution in [0.1, 0.15) is 12.0 Å². The first-order chi connectivity index (χ1) is 15.8. The molecule has 0 bridgehead atoms. The molecule has 9 heteroatoms. The number of nitrogens with one attached hydrogen (secondary N) is 2. The highest BCUT2D eigenvalue weighted by molar-refractivity contribution is 5.86. The number of imidazole rings is 1. The third-order valence-corrected chi connectivity index (χ3v) is 5.64. The fourth-order valence-corrected chi connectivity index (χ4v) is 4.12. The highest BCUT2D eigenvalue weighted by Crippen LogP contribution is 2.30. The van der Waals surface area contributed by atoms with Gasteiger partial charge in [-0.1, -0.05) is 18.2 Å². The van der Waals surface area contributed by atoms with E-state index in [0.29, 0.717) is 47.5 Å². The Bertz CT molecular complexity index is 1440. The second kappa shape index (κ2) is 7.60. The Morgan fingerprint density at radius 2 is 2.09 bits per heavy atom. The molecule has 8 nitrogen and oxygen atoms in total. The number of nitrogens with zero attached hydrogens (tertiary/aromatic N) is 5. The Morgan fingerprint density at radius 1 is 1.16 bits per heavy atom. The summed E-state index contributed by atoms with van der Waals surface area (Å²) in [5.41, 5.74) is 4.17. The molecule has 1 aromatic carbocycles. The zero-order valence-electron chi connectivity index (χ0n) is 17.2. The number of pyridine rings is 1. The monoisotopic (exact) mass is 429 g/mol. The van der Waals surface area contributed by atoms with E-state index in [-0.39, 0.29) is 0 Å². The molecule has 0 unspecified atom stereocenters. The zero-order valence-corrected chi connectivity index (χ0v) is 17.2. The van der Waals surface area contributed by atoms with Crippen LogP contribution in [0.4, 0.5) is 10.2 Å². The first kappa shape index (κ1) is 18.7. The molecule has 5 aromatic rings. The van der Waals surface area contributed by atoms with Gasteiger partial charge in [-0.15, -0.1) is 0 Å². The van der Waals surface area contributed by atoms with Gasteiger partial charge in [-0.25, -0.2) is 14.4 Å². The summed E-state index contributed by atoms with van der Waals surface area (Å²) >= 11 is 0. The molecule has 0 saturated carbocycles. The maximum absolute atomic E-state index is 13.8. The molecular formula is C23H20FN7O. The van der Waals surface area contributed by atoms with Crippen molar-refractivity contribution in [3.05, 3.63) is 60.3 Å². The third-order valence-electron chi connectivity index (χ3n) is 5.64. The lowest BCUT2D eigenvalue weighted by molar-refractivity contribution is 0.233. The number of para-hydroxylation sites is 1. The topological polar surface area (TPSA) is 93.5 Å². The predicted octanol–water partition coefficient (Wildman–Crippen LogP) is 3.95. The molecular weight excluding hydrogens is 409 g/mol. The Morgan fingerprint density at radius 3 is 3.03 bits per heavy atom. The van der Waals surface area contributed by atoms with Crippen LogP contribution in [0, 0.1) is 5.82 Å². The normalized spacial score (nSPS) is 13.3. The number of aromatic nitrogens is 6. The van der Waals surface area contributed by atoms with Crippen LogP contribution in [-0.2, 0) is 13.0 Å². The Hall–Kier alpha value is -4.01. The van der Waals surface area contributed by atoms with Crippen LogP contribution < -0.4 is 10.1 Å². The number of aryl methyl sites for hydroxylation is 1. The largest absolute Gasteiger partial charge is 0.465 e. The van der Waals surface area contributed by atoms with Gasteiger partial charge in [-0.2, -0.15) is 4.98 Å². The van der Waals surface area contributed by atoms with E-state index in [1.54, 1.807) is 6.20 Å². The summed E-state index contributed by atoms with van der Waals surface area (Å²) in [4.78, 5) is 21.2. The van der Waals surface area contributed by atoms with Crippen LogP contribution in [-0.4, -0.2) is 42.6 Å². The summed E-state index contributed by atoms with van der Waals surface area (Å²) in [6, 6.07) is 10.2. The SMILES string of the molecule is Fc1cncc(-c2nc(NCCc3c[nH]c4ccccc34)c3nc4n(c3n2)CCCO4)c1. The van der Waals surface area contributed by atoms with Crippen LogP contribution in [0.5, 0.6) is 6.01 Å². The van der Waals surface area contributed by atoms with Gasteiger partial charge in [0.05, 0.1) is 12.8 Å². The van der Waals surface area contributed by atoms with Gasteiger partial charge in [-0.3, -0.25) is 9.55 Å². The minimum atomic E-state index is -0.432. The van der Waals surface area contributed by atoms with Crippen molar-refractivity contribution in [3.63, 3.8) is 0 Å².